The van der Waals surface area contributed by atoms with Crippen molar-refractivity contribution in [2.24, 2.45) is 0 Å². The first-order valence-electron chi connectivity index (χ1n) is 14.8. The summed E-state index contributed by atoms with van der Waals surface area (Å²) in [4.78, 5) is 51.2. The number of alkyl carbamates (subject to hydrolysis) is 1. The molecule has 0 heterocycles. The van der Waals surface area contributed by atoms with Crippen LogP contribution in [0.1, 0.15) is 55.2 Å². The van der Waals surface area contributed by atoms with E-state index < -0.39 is 30.0 Å². The van der Waals surface area contributed by atoms with Gasteiger partial charge in [-0.15, -0.1) is 0 Å². The zero-order valence-electron chi connectivity index (χ0n) is 24.7. The number of carbonyl (C=O) groups excluding carboxylic acids is 4. The van der Waals surface area contributed by atoms with Gasteiger partial charge in [-0.3, -0.25) is 14.4 Å². The molecule has 2 unspecified atom stereocenters. The van der Waals surface area contributed by atoms with Crippen LogP contribution in [0.25, 0.3) is 11.1 Å². The topological polar surface area (TPSA) is 126 Å². The molecule has 1 aliphatic carbocycles. The molecule has 0 saturated carbocycles. The average molecular weight is 585 g/mol. The molecule has 0 aliphatic heterocycles. The number of carbonyl (C=O) groups is 4. The van der Waals surface area contributed by atoms with Crippen molar-refractivity contribution in [2.75, 3.05) is 20.2 Å². The van der Waals surface area contributed by atoms with Gasteiger partial charge in [-0.25, -0.2) is 4.79 Å². The number of amides is 4. The molecule has 0 bridgehead atoms. The zero-order valence-corrected chi connectivity index (χ0v) is 24.7. The van der Waals surface area contributed by atoms with Crippen molar-refractivity contribution in [1.82, 2.24) is 21.3 Å². The predicted octanol–water partition coefficient (Wildman–Crippen LogP) is 4.06. The largest absolute Gasteiger partial charge is 0.449 e. The van der Waals surface area contributed by atoms with Gasteiger partial charge in [0, 0.05) is 19.4 Å². The Kier molecular flexibility index (Phi) is 11.3. The van der Waals surface area contributed by atoms with Crippen LogP contribution in [0.3, 0.4) is 0 Å². The normalized spacial score (nSPS) is 13.2. The quantitative estimate of drug-likeness (QED) is 0.213. The maximum atomic E-state index is 13.3. The first-order valence-corrected chi connectivity index (χ1v) is 14.8. The van der Waals surface area contributed by atoms with Crippen LogP contribution in [0.15, 0.2) is 78.9 Å². The van der Waals surface area contributed by atoms with E-state index in [1.807, 2.05) is 73.7 Å². The van der Waals surface area contributed by atoms with Gasteiger partial charge in [0.1, 0.15) is 25.2 Å². The second-order valence-corrected chi connectivity index (χ2v) is 10.7. The van der Waals surface area contributed by atoms with E-state index >= 15 is 0 Å². The zero-order chi connectivity index (χ0) is 30.6. The van der Waals surface area contributed by atoms with E-state index in [0.29, 0.717) is 12.8 Å². The van der Waals surface area contributed by atoms with Crippen LogP contribution >= 0.6 is 0 Å². The fourth-order valence-electron chi connectivity index (χ4n) is 5.42. The predicted molar refractivity (Wildman–Crippen MR) is 165 cm³/mol. The van der Waals surface area contributed by atoms with Gasteiger partial charge in [-0.2, -0.15) is 0 Å². The molecule has 0 radical (unpaired) electrons. The third-order valence-corrected chi connectivity index (χ3v) is 7.65. The second-order valence-electron chi connectivity index (χ2n) is 10.7. The summed E-state index contributed by atoms with van der Waals surface area (Å²) in [6.45, 7) is 1.83. The van der Waals surface area contributed by atoms with E-state index in [2.05, 4.69) is 33.4 Å². The molecular weight excluding hydrogens is 544 g/mol. The van der Waals surface area contributed by atoms with Crippen LogP contribution in [-0.2, 0) is 25.5 Å². The Morgan fingerprint density at radius 2 is 1.40 bits per heavy atom. The smallest absolute Gasteiger partial charge is 0.407 e. The maximum absolute atomic E-state index is 13.3. The first kappa shape index (κ1) is 31.3. The van der Waals surface area contributed by atoms with Gasteiger partial charge in [-0.1, -0.05) is 105 Å². The lowest BCUT2D eigenvalue weighted by Crippen LogP contribution is -2.55. The summed E-state index contributed by atoms with van der Waals surface area (Å²) < 4.78 is 5.52. The third kappa shape index (κ3) is 8.44. The SMILES string of the molecule is CCCCCC(NC(=O)CNC(=O)OCC1c2ccccc2-c2ccccc21)C(=O)NC(Cc1ccccc1)C(=O)NC. The highest BCUT2D eigenvalue weighted by atomic mass is 16.5. The average Bonchev–Trinajstić information content (AvgIpc) is 3.35. The highest BCUT2D eigenvalue weighted by Gasteiger charge is 2.29. The third-order valence-electron chi connectivity index (χ3n) is 7.65. The number of hydrogen-bond acceptors (Lipinski definition) is 5. The first-order chi connectivity index (χ1) is 20.9. The molecular formula is C34H40N4O5. The Hall–Kier alpha value is -4.66. The Labute approximate surface area is 252 Å². The molecule has 3 aromatic rings. The van der Waals surface area contributed by atoms with E-state index in [1.54, 1.807) is 0 Å². The van der Waals surface area contributed by atoms with Crippen LogP contribution in [-0.4, -0.2) is 56.1 Å². The minimum Gasteiger partial charge on any atom is -0.449 e. The Morgan fingerprint density at radius 3 is 2.02 bits per heavy atom. The van der Waals surface area contributed by atoms with Gasteiger partial charge >= 0.3 is 6.09 Å². The monoisotopic (exact) mass is 584 g/mol. The number of hydrogen-bond donors (Lipinski definition) is 4. The van der Waals surface area contributed by atoms with Crippen molar-refractivity contribution in [2.45, 2.75) is 57.0 Å². The molecule has 2 atom stereocenters. The standard InChI is InChI=1S/C34H40N4O5/c1-3-4-6-19-29(33(41)38-30(32(40)35-2)20-23-13-7-5-8-14-23)37-31(39)21-36-34(42)43-22-28-26-17-11-9-15-24(26)25-16-10-12-18-27(25)28/h5,7-18,28-30H,3-4,6,19-22H2,1-2H3,(H,35,40)(H,36,42)(H,37,39)(H,38,41). The minimum absolute atomic E-state index is 0.0947. The molecule has 0 saturated heterocycles. The van der Waals surface area contributed by atoms with Gasteiger partial charge in [-0.05, 0) is 34.2 Å². The minimum atomic E-state index is -0.855. The number of fused-ring (bicyclic) bond motifs is 3. The summed E-state index contributed by atoms with van der Waals surface area (Å²) >= 11 is 0. The fraction of sp³-hybridized carbons (Fsp3) is 0.353. The molecule has 0 spiro atoms. The van der Waals surface area contributed by atoms with Crippen molar-refractivity contribution in [1.29, 1.82) is 0 Å². The van der Waals surface area contributed by atoms with E-state index in [0.717, 1.165) is 47.1 Å². The van der Waals surface area contributed by atoms with Crippen LogP contribution in [0, 0.1) is 0 Å². The number of nitrogens with one attached hydrogen (secondary N) is 4. The molecule has 43 heavy (non-hydrogen) atoms. The van der Waals surface area contributed by atoms with E-state index in [1.165, 1.54) is 7.05 Å². The molecule has 3 aromatic carbocycles. The fourth-order valence-corrected chi connectivity index (χ4v) is 5.42. The highest BCUT2D eigenvalue weighted by molar-refractivity contribution is 5.93. The molecule has 9 heteroatoms. The van der Waals surface area contributed by atoms with Crippen molar-refractivity contribution < 1.29 is 23.9 Å². The molecule has 4 amide bonds. The lowest BCUT2D eigenvalue weighted by atomic mass is 9.98. The molecule has 1 aliphatic rings. The van der Waals surface area contributed by atoms with Crippen molar-refractivity contribution >= 4 is 23.8 Å². The lowest BCUT2D eigenvalue weighted by molar-refractivity contribution is -0.131. The molecule has 4 rings (SSSR count). The van der Waals surface area contributed by atoms with E-state index in [-0.39, 0.29) is 25.0 Å². The summed E-state index contributed by atoms with van der Waals surface area (Å²) in [6, 6.07) is 23.8. The summed E-state index contributed by atoms with van der Waals surface area (Å²) in [6.07, 6.45) is 2.55. The number of rotatable bonds is 14. The van der Waals surface area contributed by atoms with Gasteiger partial charge in [0.05, 0.1) is 0 Å². The number of unbranched alkanes of at least 4 members (excludes halogenated alkanes) is 2. The highest BCUT2D eigenvalue weighted by Crippen LogP contribution is 2.44. The Morgan fingerprint density at radius 1 is 0.767 bits per heavy atom. The molecule has 4 N–H and O–H groups in total. The second kappa shape index (κ2) is 15.5. The van der Waals surface area contributed by atoms with Gasteiger partial charge in [0.25, 0.3) is 0 Å². The van der Waals surface area contributed by atoms with Crippen molar-refractivity contribution in [3.8, 4) is 11.1 Å². The molecule has 0 aromatic heterocycles. The number of ether oxygens (including phenoxy) is 1. The number of benzene rings is 3. The molecule has 9 nitrogen and oxygen atoms in total. The molecule has 226 valence electrons. The number of likely N-dealkylation sites (N-methyl/N-ethyl adjacent to an activating group) is 1. The summed E-state index contributed by atoms with van der Waals surface area (Å²) in [7, 11) is 1.52. The van der Waals surface area contributed by atoms with Crippen molar-refractivity contribution in [3.63, 3.8) is 0 Å². The Balaban J connectivity index is 1.31. The Bertz CT molecular complexity index is 1370. The van der Waals surface area contributed by atoms with Crippen LogP contribution in [0.4, 0.5) is 4.79 Å². The van der Waals surface area contributed by atoms with Gasteiger partial charge in [0.2, 0.25) is 17.7 Å². The summed E-state index contributed by atoms with van der Waals surface area (Å²) in [5, 5.41) is 10.6. The van der Waals surface area contributed by atoms with Gasteiger partial charge in [0.15, 0.2) is 0 Å². The van der Waals surface area contributed by atoms with Crippen LogP contribution < -0.4 is 21.3 Å². The van der Waals surface area contributed by atoms with E-state index in [9.17, 15) is 19.2 Å². The molecule has 0 fully saturated rings. The van der Waals surface area contributed by atoms with Crippen LogP contribution in [0.2, 0.25) is 0 Å². The van der Waals surface area contributed by atoms with Crippen LogP contribution in [0.5, 0.6) is 0 Å². The van der Waals surface area contributed by atoms with E-state index in [4.69, 9.17) is 4.74 Å². The summed E-state index contributed by atoms with van der Waals surface area (Å²) in [5.41, 5.74) is 5.34. The van der Waals surface area contributed by atoms with Gasteiger partial charge < -0.3 is 26.0 Å². The maximum Gasteiger partial charge on any atom is 0.407 e. The van der Waals surface area contributed by atoms with Crippen molar-refractivity contribution in [3.05, 3.63) is 95.6 Å². The lowest BCUT2D eigenvalue weighted by Gasteiger charge is -2.23. The summed E-state index contributed by atoms with van der Waals surface area (Å²) in [5.74, 6) is -1.39.